The number of carbonyl (C=O) groups is 1. The minimum Gasteiger partial charge on any atom is -0.475 e. The monoisotopic (exact) mass is 449 g/mol. The number of benzene rings is 1. The molecule has 1 amide bonds. The number of halogens is 3. The van der Waals surface area contributed by atoms with E-state index in [1.54, 1.807) is 13.0 Å². The number of rotatable bonds is 8. The molecular formula is C22H22F3N3O2S. The molecule has 2 heterocycles. The number of H-pyrrole nitrogens is 1. The zero-order valence-corrected chi connectivity index (χ0v) is 17.6. The number of aromatic amines is 1. The highest BCUT2D eigenvalue weighted by Gasteiger charge is 2.41. The Kier molecular flexibility index (Phi) is 6.04. The summed E-state index contributed by atoms with van der Waals surface area (Å²) < 4.78 is 41.5. The normalized spacial score (nSPS) is 19.1. The number of aromatic nitrogens is 2. The SMILES string of the molecule is C[C@@H](NC(=O)C[C@@H]1C[C@@H]1c1ncc(-c2ccccc2)[nH]1)c1ccc(OCC(F)(F)F)s1. The van der Waals surface area contributed by atoms with E-state index in [9.17, 15) is 18.0 Å². The fraction of sp³-hybridized carbons (Fsp3) is 0.364. The number of nitrogens with one attached hydrogen (secondary N) is 2. The molecule has 5 nitrogen and oxygen atoms in total. The van der Waals surface area contributed by atoms with Crippen molar-refractivity contribution < 1.29 is 22.7 Å². The maximum absolute atomic E-state index is 12.4. The summed E-state index contributed by atoms with van der Waals surface area (Å²) in [5.74, 6) is 1.29. The number of nitrogens with zero attached hydrogens (tertiary/aromatic N) is 1. The fourth-order valence-electron chi connectivity index (χ4n) is 3.50. The van der Waals surface area contributed by atoms with Crippen molar-refractivity contribution in [3.63, 3.8) is 0 Å². The molecular weight excluding hydrogens is 427 g/mol. The van der Waals surface area contributed by atoms with Gasteiger partial charge in [0, 0.05) is 17.2 Å². The van der Waals surface area contributed by atoms with Crippen molar-refractivity contribution in [3.05, 3.63) is 59.4 Å². The Labute approximate surface area is 181 Å². The maximum Gasteiger partial charge on any atom is 0.422 e. The van der Waals surface area contributed by atoms with E-state index in [4.69, 9.17) is 4.74 Å². The van der Waals surface area contributed by atoms with Crippen molar-refractivity contribution in [3.8, 4) is 16.3 Å². The highest BCUT2D eigenvalue weighted by molar-refractivity contribution is 7.13. The number of amides is 1. The molecule has 1 aromatic carbocycles. The van der Waals surface area contributed by atoms with Crippen LogP contribution in [0, 0.1) is 5.92 Å². The highest BCUT2D eigenvalue weighted by Crippen LogP contribution is 2.48. The standard InChI is InChI=1S/C22H22F3N3O2S/c1-13(18-7-8-20(31-18)30-12-22(23,24)25)27-19(29)10-15-9-16(15)21-26-11-17(28-21)14-5-3-2-4-6-14/h2-8,11,13,15-16H,9-10,12H2,1H3,(H,26,28)(H,27,29)/t13-,15+,16+/m1/s1. The van der Waals surface area contributed by atoms with Gasteiger partial charge in [-0.3, -0.25) is 4.79 Å². The minimum absolute atomic E-state index is 0.0824. The molecule has 164 valence electrons. The van der Waals surface area contributed by atoms with Gasteiger partial charge >= 0.3 is 6.18 Å². The third-order valence-electron chi connectivity index (χ3n) is 5.19. The lowest BCUT2D eigenvalue weighted by molar-refractivity contribution is -0.152. The lowest BCUT2D eigenvalue weighted by Crippen LogP contribution is -2.26. The summed E-state index contributed by atoms with van der Waals surface area (Å²) in [7, 11) is 0. The van der Waals surface area contributed by atoms with Gasteiger partial charge in [-0.2, -0.15) is 13.2 Å². The highest BCUT2D eigenvalue weighted by atomic mass is 32.1. The summed E-state index contributed by atoms with van der Waals surface area (Å²) in [5, 5.41) is 3.10. The molecule has 3 aromatic rings. The molecule has 1 fully saturated rings. The van der Waals surface area contributed by atoms with Gasteiger partial charge in [0.05, 0.1) is 17.9 Å². The number of ether oxygens (including phenoxy) is 1. The predicted octanol–water partition coefficient (Wildman–Crippen LogP) is 5.45. The van der Waals surface area contributed by atoms with Gasteiger partial charge in [-0.15, -0.1) is 11.3 Å². The molecule has 1 aliphatic rings. The molecule has 0 aliphatic heterocycles. The first-order valence-electron chi connectivity index (χ1n) is 9.97. The van der Waals surface area contributed by atoms with Gasteiger partial charge in [-0.1, -0.05) is 30.3 Å². The van der Waals surface area contributed by atoms with E-state index in [1.807, 2.05) is 36.5 Å². The molecule has 1 saturated carbocycles. The first-order chi connectivity index (χ1) is 14.8. The van der Waals surface area contributed by atoms with Gasteiger partial charge in [0.1, 0.15) is 5.82 Å². The number of hydrogen-bond acceptors (Lipinski definition) is 4. The Balaban J connectivity index is 1.26. The van der Waals surface area contributed by atoms with Crippen LogP contribution in [0.3, 0.4) is 0 Å². The van der Waals surface area contributed by atoms with Crippen molar-refractivity contribution in [1.82, 2.24) is 15.3 Å². The Morgan fingerprint density at radius 3 is 2.81 bits per heavy atom. The van der Waals surface area contributed by atoms with Gasteiger partial charge in [-0.05, 0) is 37.0 Å². The van der Waals surface area contributed by atoms with E-state index in [1.165, 1.54) is 6.07 Å². The van der Waals surface area contributed by atoms with E-state index in [0.29, 0.717) is 6.42 Å². The molecule has 0 radical (unpaired) electrons. The average Bonchev–Trinajstić information content (AvgIpc) is 3.14. The summed E-state index contributed by atoms with van der Waals surface area (Å²) in [6.07, 6.45) is -1.27. The Hall–Kier alpha value is -2.81. The maximum atomic E-state index is 12.4. The van der Waals surface area contributed by atoms with Gasteiger partial charge in [0.25, 0.3) is 0 Å². The molecule has 0 saturated heterocycles. The third kappa shape index (κ3) is 5.66. The fourth-order valence-corrected chi connectivity index (χ4v) is 4.36. The number of imidazole rings is 1. The van der Waals surface area contributed by atoms with Crippen molar-refractivity contribution in [2.45, 2.75) is 37.9 Å². The Bertz CT molecular complexity index is 1030. The molecule has 9 heteroatoms. The summed E-state index contributed by atoms with van der Waals surface area (Å²) in [4.78, 5) is 21.0. The zero-order valence-electron chi connectivity index (χ0n) is 16.8. The molecule has 0 bridgehead atoms. The van der Waals surface area contributed by atoms with Gasteiger partial charge in [-0.25, -0.2) is 4.98 Å². The molecule has 2 N–H and O–H groups in total. The van der Waals surface area contributed by atoms with Crippen LogP contribution in [0.4, 0.5) is 13.2 Å². The molecule has 0 spiro atoms. The van der Waals surface area contributed by atoms with Gasteiger partial charge in [0.15, 0.2) is 11.7 Å². The van der Waals surface area contributed by atoms with Crippen LogP contribution in [0.15, 0.2) is 48.7 Å². The summed E-state index contributed by atoms with van der Waals surface area (Å²) in [6, 6.07) is 12.8. The van der Waals surface area contributed by atoms with E-state index < -0.39 is 12.8 Å². The second-order valence-corrected chi connectivity index (χ2v) is 8.78. The third-order valence-corrected chi connectivity index (χ3v) is 6.37. The van der Waals surface area contributed by atoms with Crippen LogP contribution in [0.25, 0.3) is 11.3 Å². The lowest BCUT2D eigenvalue weighted by Gasteiger charge is -2.12. The summed E-state index contributed by atoms with van der Waals surface area (Å²) >= 11 is 1.10. The number of alkyl halides is 3. The molecule has 2 aromatic heterocycles. The quantitative estimate of drug-likeness (QED) is 0.481. The Morgan fingerprint density at radius 2 is 2.06 bits per heavy atom. The number of thiophene rings is 1. The largest absolute Gasteiger partial charge is 0.475 e. The van der Waals surface area contributed by atoms with E-state index >= 15 is 0 Å². The summed E-state index contributed by atoms with van der Waals surface area (Å²) in [5.41, 5.74) is 2.03. The molecule has 3 atom stereocenters. The van der Waals surface area contributed by atoms with Crippen molar-refractivity contribution in [2.24, 2.45) is 5.92 Å². The zero-order chi connectivity index (χ0) is 22.0. The molecule has 0 unspecified atom stereocenters. The predicted molar refractivity (Wildman–Crippen MR) is 112 cm³/mol. The topological polar surface area (TPSA) is 67.0 Å². The number of carbonyl (C=O) groups excluding carboxylic acids is 1. The van der Waals surface area contributed by atoms with Gasteiger partial charge < -0.3 is 15.0 Å². The first-order valence-corrected chi connectivity index (χ1v) is 10.8. The van der Waals surface area contributed by atoms with Crippen molar-refractivity contribution in [2.75, 3.05) is 6.61 Å². The van der Waals surface area contributed by atoms with Crippen molar-refractivity contribution in [1.29, 1.82) is 0 Å². The van der Waals surface area contributed by atoms with E-state index in [0.717, 1.165) is 39.7 Å². The van der Waals surface area contributed by atoms with Crippen LogP contribution >= 0.6 is 11.3 Å². The molecule has 1 aliphatic carbocycles. The van der Waals surface area contributed by atoms with Crippen LogP contribution in [0.1, 0.15) is 42.4 Å². The molecule has 31 heavy (non-hydrogen) atoms. The summed E-state index contributed by atoms with van der Waals surface area (Å²) in [6.45, 7) is 0.482. The van der Waals surface area contributed by atoms with Crippen LogP contribution in [0.2, 0.25) is 0 Å². The van der Waals surface area contributed by atoms with E-state index in [-0.39, 0.29) is 28.8 Å². The first kappa shape index (κ1) is 21.4. The lowest BCUT2D eigenvalue weighted by atomic mass is 10.2. The van der Waals surface area contributed by atoms with Crippen LogP contribution < -0.4 is 10.1 Å². The number of hydrogen-bond donors (Lipinski definition) is 2. The van der Waals surface area contributed by atoms with Gasteiger partial charge in [0.2, 0.25) is 5.91 Å². The second kappa shape index (κ2) is 8.74. The second-order valence-electron chi connectivity index (χ2n) is 7.70. The Morgan fingerprint density at radius 1 is 1.29 bits per heavy atom. The van der Waals surface area contributed by atoms with Crippen LogP contribution in [-0.4, -0.2) is 28.7 Å². The van der Waals surface area contributed by atoms with Crippen molar-refractivity contribution >= 4 is 17.2 Å². The van der Waals surface area contributed by atoms with E-state index in [2.05, 4.69) is 15.3 Å². The minimum atomic E-state index is -4.37. The molecule has 4 rings (SSSR count). The smallest absolute Gasteiger partial charge is 0.422 e. The average molecular weight is 449 g/mol. The van der Waals surface area contributed by atoms with Crippen LogP contribution in [0.5, 0.6) is 5.06 Å². The van der Waals surface area contributed by atoms with Crippen LogP contribution in [-0.2, 0) is 4.79 Å².